The lowest BCUT2D eigenvalue weighted by Gasteiger charge is -2.21. The maximum Gasteiger partial charge on any atom is 0.375 e. The second-order valence-electron chi connectivity index (χ2n) is 6.23. The number of esters is 2. The molecule has 0 unspecified atom stereocenters. The Balaban J connectivity index is 2.77. The molecule has 2 rings (SSSR count). The zero-order valence-corrected chi connectivity index (χ0v) is 14.4. The molecule has 0 amide bonds. The van der Waals surface area contributed by atoms with Gasteiger partial charge < -0.3 is 19.2 Å². The highest BCUT2D eigenvalue weighted by molar-refractivity contribution is 6.08. The van der Waals surface area contributed by atoms with Crippen molar-refractivity contribution in [3.8, 4) is 11.1 Å². The fourth-order valence-corrected chi connectivity index (χ4v) is 2.27. The van der Waals surface area contributed by atoms with E-state index in [1.807, 2.05) is 51.1 Å². The van der Waals surface area contributed by atoms with Crippen molar-refractivity contribution < 1.29 is 23.5 Å². The molecule has 1 heterocycles. The van der Waals surface area contributed by atoms with Crippen LogP contribution < -0.4 is 5.32 Å². The van der Waals surface area contributed by atoms with Gasteiger partial charge in [-0.3, -0.25) is 0 Å². The van der Waals surface area contributed by atoms with Crippen LogP contribution in [0.15, 0.2) is 34.7 Å². The van der Waals surface area contributed by atoms with Gasteiger partial charge in [-0.15, -0.1) is 0 Å². The average molecular weight is 331 g/mol. The number of methoxy groups -OCH3 is 2. The van der Waals surface area contributed by atoms with E-state index < -0.39 is 11.9 Å². The lowest BCUT2D eigenvalue weighted by Crippen LogP contribution is -2.26. The first-order valence-electron chi connectivity index (χ1n) is 7.45. The molecule has 1 aromatic heterocycles. The van der Waals surface area contributed by atoms with E-state index in [0.717, 1.165) is 5.56 Å². The summed E-state index contributed by atoms with van der Waals surface area (Å²) in [5, 5.41) is 3.18. The summed E-state index contributed by atoms with van der Waals surface area (Å²) in [6.45, 7) is 5.83. The largest absolute Gasteiger partial charge is 0.465 e. The number of furan rings is 1. The Labute approximate surface area is 140 Å². The lowest BCUT2D eigenvalue weighted by atomic mass is 10.0. The highest BCUT2D eigenvalue weighted by Gasteiger charge is 2.33. The second kappa shape index (κ2) is 6.78. The van der Waals surface area contributed by atoms with Crippen LogP contribution in [0.5, 0.6) is 0 Å². The van der Waals surface area contributed by atoms with E-state index in [9.17, 15) is 9.59 Å². The van der Waals surface area contributed by atoms with Gasteiger partial charge >= 0.3 is 11.9 Å². The van der Waals surface area contributed by atoms with Crippen molar-refractivity contribution in [2.75, 3.05) is 19.5 Å². The number of ether oxygens (including phenoxy) is 2. The molecule has 0 saturated heterocycles. The molecule has 6 heteroatoms. The Bertz CT molecular complexity index is 741. The summed E-state index contributed by atoms with van der Waals surface area (Å²) in [5.41, 5.74) is 0.894. The Kier molecular flexibility index (Phi) is 4.97. The van der Waals surface area contributed by atoms with Gasteiger partial charge in [0.15, 0.2) is 0 Å². The molecule has 0 atom stereocenters. The van der Waals surface area contributed by atoms with Gasteiger partial charge in [-0.1, -0.05) is 30.3 Å². The molecular weight excluding hydrogens is 310 g/mol. The highest BCUT2D eigenvalue weighted by atomic mass is 16.5. The minimum Gasteiger partial charge on any atom is -0.465 e. The molecular formula is C18H21NO5. The topological polar surface area (TPSA) is 77.8 Å². The van der Waals surface area contributed by atoms with Crippen molar-refractivity contribution >= 4 is 17.8 Å². The van der Waals surface area contributed by atoms with Crippen LogP contribution in [-0.2, 0) is 9.47 Å². The number of hydrogen-bond donors (Lipinski definition) is 1. The van der Waals surface area contributed by atoms with Gasteiger partial charge in [0.05, 0.1) is 19.8 Å². The molecule has 0 bridgehead atoms. The standard InChI is InChI=1S/C18H21NO5/c1-18(2,3)19-15-12(11-9-7-6-8-10-11)13(16(20)22-4)14(24-15)17(21)23-5/h6-10,19H,1-5H3. The van der Waals surface area contributed by atoms with E-state index in [0.29, 0.717) is 11.4 Å². The third-order valence-corrected chi connectivity index (χ3v) is 3.22. The number of nitrogens with one attached hydrogen (secondary N) is 1. The highest BCUT2D eigenvalue weighted by Crippen LogP contribution is 2.38. The SMILES string of the molecule is COC(=O)c1oc(NC(C)(C)C)c(-c2ccccc2)c1C(=O)OC. The molecule has 1 aromatic carbocycles. The lowest BCUT2D eigenvalue weighted by molar-refractivity contribution is 0.0529. The van der Waals surface area contributed by atoms with Gasteiger partial charge in [0.25, 0.3) is 0 Å². The molecule has 0 spiro atoms. The first-order valence-corrected chi connectivity index (χ1v) is 7.45. The number of benzene rings is 1. The molecule has 0 saturated carbocycles. The number of anilines is 1. The van der Waals surface area contributed by atoms with E-state index in [-0.39, 0.29) is 16.9 Å². The van der Waals surface area contributed by atoms with Crippen molar-refractivity contribution in [2.45, 2.75) is 26.3 Å². The summed E-state index contributed by atoms with van der Waals surface area (Å²) in [6.07, 6.45) is 0. The molecule has 0 aliphatic rings. The zero-order chi connectivity index (χ0) is 17.9. The van der Waals surface area contributed by atoms with Crippen molar-refractivity contribution in [1.82, 2.24) is 0 Å². The summed E-state index contributed by atoms with van der Waals surface area (Å²) < 4.78 is 15.2. The Hall–Kier alpha value is -2.76. The molecule has 24 heavy (non-hydrogen) atoms. The van der Waals surface area contributed by atoms with Gasteiger partial charge in [-0.2, -0.15) is 0 Å². The van der Waals surface area contributed by atoms with Crippen LogP contribution in [0.2, 0.25) is 0 Å². The third kappa shape index (κ3) is 3.59. The van der Waals surface area contributed by atoms with Crippen molar-refractivity contribution in [2.24, 2.45) is 0 Å². The number of carbonyl (C=O) groups excluding carboxylic acids is 2. The molecule has 6 nitrogen and oxygen atoms in total. The minimum atomic E-state index is -0.741. The second-order valence-corrected chi connectivity index (χ2v) is 6.23. The predicted molar refractivity (Wildman–Crippen MR) is 90.2 cm³/mol. The van der Waals surface area contributed by atoms with Crippen molar-refractivity contribution in [3.05, 3.63) is 41.7 Å². The van der Waals surface area contributed by atoms with Crippen molar-refractivity contribution in [1.29, 1.82) is 0 Å². The van der Waals surface area contributed by atoms with Gasteiger partial charge in [-0.25, -0.2) is 9.59 Å². The number of rotatable bonds is 4. The number of carbonyl (C=O) groups is 2. The van der Waals surface area contributed by atoms with E-state index >= 15 is 0 Å². The molecule has 2 aromatic rings. The van der Waals surface area contributed by atoms with E-state index in [2.05, 4.69) is 5.32 Å². The summed E-state index contributed by atoms with van der Waals surface area (Å²) in [4.78, 5) is 24.4. The summed E-state index contributed by atoms with van der Waals surface area (Å²) in [6, 6.07) is 9.18. The Morgan fingerprint density at radius 3 is 2.08 bits per heavy atom. The van der Waals surface area contributed by atoms with Crippen LogP contribution in [-0.4, -0.2) is 31.7 Å². The first kappa shape index (κ1) is 17.6. The molecule has 1 N–H and O–H groups in total. The molecule has 0 aliphatic carbocycles. The predicted octanol–water partition coefficient (Wildman–Crippen LogP) is 3.73. The van der Waals surface area contributed by atoms with Gasteiger partial charge in [-0.05, 0) is 26.3 Å². The maximum absolute atomic E-state index is 12.3. The Morgan fingerprint density at radius 1 is 1.00 bits per heavy atom. The van der Waals surface area contributed by atoms with Gasteiger partial charge in [0.2, 0.25) is 11.6 Å². The summed E-state index contributed by atoms with van der Waals surface area (Å²) in [5.74, 6) is -1.28. The van der Waals surface area contributed by atoms with E-state index in [1.165, 1.54) is 14.2 Å². The van der Waals surface area contributed by atoms with Crippen LogP contribution in [0.4, 0.5) is 5.88 Å². The third-order valence-electron chi connectivity index (χ3n) is 3.22. The minimum absolute atomic E-state index is 0.0438. The molecule has 0 aliphatic heterocycles. The van der Waals surface area contributed by atoms with Gasteiger partial charge in [0, 0.05) is 5.54 Å². The molecule has 0 fully saturated rings. The quantitative estimate of drug-likeness (QED) is 0.860. The van der Waals surface area contributed by atoms with E-state index in [4.69, 9.17) is 13.9 Å². The smallest absolute Gasteiger partial charge is 0.375 e. The number of hydrogen-bond acceptors (Lipinski definition) is 6. The van der Waals surface area contributed by atoms with Crippen LogP contribution in [0.1, 0.15) is 41.7 Å². The summed E-state index contributed by atoms with van der Waals surface area (Å²) in [7, 11) is 2.48. The summed E-state index contributed by atoms with van der Waals surface area (Å²) >= 11 is 0. The van der Waals surface area contributed by atoms with Gasteiger partial charge in [0.1, 0.15) is 5.56 Å². The average Bonchev–Trinajstić information content (AvgIpc) is 2.91. The zero-order valence-electron chi connectivity index (χ0n) is 14.4. The Morgan fingerprint density at radius 2 is 1.58 bits per heavy atom. The van der Waals surface area contributed by atoms with Crippen LogP contribution >= 0.6 is 0 Å². The monoisotopic (exact) mass is 331 g/mol. The van der Waals surface area contributed by atoms with Crippen LogP contribution in [0.25, 0.3) is 11.1 Å². The fraction of sp³-hybridized carbons (Fsp3) is 0.333. The maximum atomic E-state index is 12.3. The normalized spacial score (nSPS) is 11.0. The van der Waals surface area contributed by atoms with E-state index in [1.54, 1.807) is 0 Å². The van der Waals surface area contributed by atoms with Crippen LogP contribution in [0.3, 0.4) is 0 Å². The van der Waals surface area contributed by atoms with Crippen LogP contribution in [0, 0.1) is 0 Å². The molecule has 128 valence electrons. The van der Waals surface area contributed by atoms with Crippen molar-refractivity contribution in [3.63, 3.8) is 0 Å². The first-order chi connectivity index (χ1) is 11.3. The molecule has 0 radical (unpaired) electrons. The fourth-order valence-electron chi connectivity index (χ4n) is 2.27.